The van der Waals surface area contributed by atoms with Crippen molar-refractivity contribution in [2.45, 2.75) is 76.2 Å². The Bertz CT molecular complexity index is 258. The Morgan fingerprint density at radius 3 is 2.00 bits per heavy atom. The molecule has 2 saturated carbocycles. The maximum absolute atomic E-state index is 5.78. The molecule has 18 heavy (non-hydrogen) atoms. The van der Waals surface area contributed by atoms with Gasteiger partial charge in [0.05, 0.1) is 13.2 Å². The van der Waals surface area contributed by atoms with Crippen LogP contribution in [0.1, 0.15) is 58.3 Å². The first-order chi connectivity index (χ1) is 8.76. The average molecular weight is 253 g/mol. The molecule has 1 aliphatic heterocycles. The quantitative estimate of drug-likeness (QED) is 0.821. The highest BCUT2D eigenvalue weighted by Gasteiger charge is 2.40. The van der Waals surface area contributed by atoms with Crippen LogP contribution in [0, 0.1) is 5.92 Å². The Morgan fingerprint density at radius 1 is 0.833 bits per heavy atom. The smallest absolute Gasteiger partial charge is 0.168 e. The third-order valence-electron chi connectivity index (χ3n) is 5.05. The van der Waals surface area contributed by atoms with Gasteiger partial charge in [-0.3, -0.25) is 0 Å². The molecule has 3 aliphatic rings. The van der Waals surface area contributed by atoms with Crippen LogP contribution in [-0.4, -0.2) is 31.1 Å². The lowest BCUT2D eigenvalue weighted by atomic mass is 9.85. The van der Waals surface area contributed by atoms with Crippen LogP contribution >= 0.6 is 0 Å². The number of rotatable bonds is 2. The molecule has 0 aromatic rings. The van der Waals surface area contributed by atoms with E-state index >= 15 is 0 Å². The first kappa shape index (κ1) is 12.9. The van der Waals surface area contributed by atoms with Crippen LogP contribution in [-0.2, 0) is 9.47 Å². The molecule has 3 heteroatoms. The predicted molar refractivity (Wildman–Crippen MR) is 71.4 cm³/mol. The normalized spacial score (nSPS) is 37.2. The minimum atomic E-state index is -0.195. The van der Waals surface area contributed by atoms with Gasteiger partial charge < -0.3 is 14.8 Å². The van der Waals surface area contributed by atoms with E-state index in [1.165, 1.54) is 38.5 Å². The predicted octanol–water partition coefficient (Wildman–Crippen LogP) is 2.84. The van der Waals surface area contributed by atoms with Crippen molar-refractivity contribution in [1.29, 1.82) is 0 Å². The third kappa shape index (κ3) is 2.89. The van der Waals surface area contributed by atoms with E-state index < -0.39 is 0 Å². The van der Waals surface area contributed by atoms with Gasteiger partial charge in [-0.1, -0.05) is 6.92 Å². The highest BCUT2D eigenvalue weighted by molar-refractivity contribution is 4.88. The Kier molecular flexibility index (Phi) is 3.92. The lowest BCUT2D eigenvalue weighted by Crippen LogP contribution is -2.46. The van der Waals surface area contributed by atoms with E-state index in [2.05, 4.69) is 12.2 Å². The molecule has 1 saturated heterocycles. The fraction of sp³-hybridized carbons (Fsp3) is 1.00. The van der Waals surface area contributed by atoms with E-state index in [1.54, 1.807) is 0 Å². The van der Waals surface area contributed by atoms with Gasteiger partial charge in [-0.15, -0.1) is 0 Å². The second-order valence-electron chi connectivity index (χ2n) is 6.51. The van der Waals surface area contributed by atoms with Crippen LogP contribution < -0.4 is 5.32 Å². The minimum absolute atomic E-state index is 0.195. The molecule has 3 nitrogen and oxygen atoms in total. The van der Waals surface area contributed by atoms with Gasteiger partial charge in [-0.25, -0.2) is 0 Å². The van der Waals surface area contributed by atoms with Crippen LogP contribution in [0.2, 0.25) is 0 Å². The van der Waals surface area contributed by atoms with E-state index in [1.807, 2.05) is 0 Å². The van der Waals surface area contributed by atoms with Crippen LogP contribution in [0.25, 0.3) is 0 Å². The molecular weight excluding hydrogens is 226 g/mol. The number of ether oxygens (including phenoxy) is 2. The van der Waals surface area contributed by atoms with Crippen molar-refractivity contribution in [3.8, 4) is 0 Å². The summed E-state index contributed by atoms with van der Waals surface area (Å²) in [6.45, 7) is 3.96. The molecule has 1 heterocycles. The third-order valence-corrected chi connectivity index (χ3v) is 5.05. The summed E-state index contributed by atoms with van der Waals surface area (Å²) in [5.74, 6) is 0.747. The topological polar surface area (TPSA) is 30.5 Å². The zero-order valence-electron chi connectivity index (χ0n) is 11.6. The molecule has 0 amide bonds. The highest BCUT2D eigenvalue weighted by atomic mass is 16.7. The number of nitrogens with one attached hydrogen (secondary N) is 1. The van der Waals surface area contributed by atoms with Crippen molar-refractivity contribution < 1.29 is 9.47 Å². The minimum Gasteiger partial charge on any atom is -0.348 e. The molecular formula is C15H27NO2. The average Bonchev–Trinajstić information content (AvgIpc) is 2.84. The van der Waals surface area contributed by atoms with Gasteiger partial charge in [-0.05, 0) is 44.4 Å². The van der Waals surface area contributed by atoms with Crippen molar-refractivity contribution in [2.24, 2.45) is 5.92 Å². The fourth-order valence-corrected chi connectivity index (χ4v) is 3.77. The molecule has 1 spiro atoms. The molecule has 0 aromatic carbocycles. The van der Waals surface area contributed by atoms with Crippen LogP contribution in [0.15, 0.2) is 0 Å². The van der Waals surface area contributed by atoms with Gasteiger partial charge in [-0.2, -0.15) is 0 Å². The van der Waals surface area contributed by atoms with E-state index in [0.29, 0.717) is 6.04 Å². The van der Waals surface area contributed by atoms with E-state index in [0.717, 1.165) is 38.0 Å². The molecule has 0 atom stereocenters. The Morgan fingerprint density at radius 2 is 1.39 bits per heavy atom. The van der Waals surface area contributed by atoms with E-state index in [9.17, 15) is 0 Å². The van der Waals surface area contributed by atoms with Gasteiger partial charge in [0, 0.05) is 24.9 Å². The van der Waals surface area contributed by atoms with E-state index in [4.69, 9.17) is 9.47 Å². The van der Waals surface area contributed by atoms with Crippen LogP contribution in [0.5, 0.6) is 0 Å². The molecule has 3 fully saturated rings. The van der Waals surface area contributed by atoms with Crippen molar-refractivity contribution in [3.05, 3.63) is 0 Å². The van der Waals surface area contributed by atoms with Gasteiger partial charge >= 0.3 is 0 Å². The molecule has 3 rings (SSSR count). The molecule has 0 radical (unpaired) electrons. The Labute approximate surface area is 111 Å². The second kappa shape index (κ2) is 5.48. The van der Waals surface area contributed by atoms with Crippen LogP contribution in [0.4, 0.5) is 0 Å². The van der Waals surface area contributed by atoms with Gasteiger partial charge in [0.25, 0.3) is 0 Å². The standard InChI is InChI=1S/C15H27NO2/c1-12-2-4-13(5-3-12)16-14-6-8-15(9-7-14)17-10-11-18-15/h12-14,16H,2-11H2,1H3. The van der Waals surface area contributed by atoms with Crippen molar-refractivity contribution >= 4 is 0 Å². The summed E-state index contributed by atoms with van der Waals surface area (Å²) < 4.78 is 11.6. The molecule has 104 valence electrons. The van der Waals surface area contributed by atoms with Crippen molar-refractivity contribution in [1.82, 2.24) is 5.32 Å². The molecule has 0 bridgehead atoms. The molecule has 2 aliphatic carbocycles. The van der Waals surface area contributed by atoms with Gasteiger partial charge in [0.15, 0.2) is 5.79 Å². The van der Waals surface area contributed by atoms with Gasteiger partial charge in [0.2, 0.25) is 0 Å². The summed E-state index contributed by atoms with van der Waals surface area (Å²) in [5.41, 5.74) is 0. The van der Waals surface area contributed by atoms with E-state index in [-0.39, 0.29) is 5.79 Å². The number of hydrogen-bond acceptors (Lipinski definition) is 3. The summed E-state index contributed by atoms with van der Waals surface area (Å²) in [7, 11) is 0. The second-order valence-corrected chi connectivity index (χ2v) is 6.51. The van der Waals surface area contributed by atoms with Crippen molar-refractivity contribution in [2.75, 3.05) is 13.2 Å². The summed E-state index contributed by atoms with van der Waals surface area (Å²) in [5, 5.41) is 3.87. The lowest BCUT2D eigenvalue weighted by Gasteiger charge is -2.38. The Hall–Kier alpha value is -0.120. The zero-order chi connectivity index (χ0) is 12.4. The summed E-state index contributed by atoms with van der Waals surface area (Å²) in [4.78, 5) is 0. The lowest BCUT2D eigenvalue weighted by molar-refractivity contribution is -0.179. The first-order valence-electron chi connectivity index (χ1n) is 7.80. The largest absolute Gasteiger partial charge is 0.348 e. The Balaban J connectivity index is 1.42. The first-order valence-corrected chi connectivity index (χ1v) is 7.80. The number of hydrogen-bond donors (Lipinski definition) is 1. The maximum Gasteiger partial charge on any atom is 0.168 e. The monoisotopic (exact) mass is 253 g/mol. The summed E-state index contributed by atoms with van der Waals surface area (Å²) in [6.07, 6.45) is 10.1. The van der Waals surface area contributed by atoms with Gasteiger partial charge in [0.1, 0.15) is 0 Å². The SMILES string of the molecule is CC1CCC(NC2CCC3(CC2)OCCO3)CC1. The molecule has 0 unspecified atom stereocenters. The van der Waals surface area contributed by atoms with Crippen molar-refractivity contribution in [3.63, 3.8) is 0 Å². The van der Waals surface area contributed by atoms with Crippen LogP contribution in [0.3, 0.4) is 0 Å². The summed E-state index contributed by atoms with van der Waals surface area (Å²) in [6, 6.07) is 1.47. The highest BCUT2D eigenvalue weighted by Crippen LogP contribution is 2.36. The molecule has 0 aromatic heterocycles. The maximum atomic E-state index is 5.78. The fourth-order valence-electron chi connectivity index (χ4n) is 3.77. The molecule has 1 N–H and O–H groups in total. The summed E-state index contributed by atoms with van der Waals surface area (Å²) >= 11 is 0. The zero-order valence-corrected chi connectivity index (χ0v) is 11.6.